The molecule has 23 heavy (non-hydrogen) atoms. The van der Waals surface area contributed by atoms with Gasteiger partial charge in [-0.3, -0.25) is 14.9 Å². The lowest BCUT2D eigenvalue weighted by molar-refractivity contribution is -0.122. The van der Waals surface area contributed by atoms with E-state index in [0.717, 1.165) is 17.1 Å². The summed E-state index contributed by atoms with van der Waals surface area (Å²) in [5.74, 6) is 0.911. The lowest BCUT2D eigenvalue weighted by atomic mass is 10.1. The molecule has 122 valence electrons. The van der Waals surface area contributed by atoms with Crippen molar-refractivity contribution >= 4 is 17.8 Å². The maximum absolute atomic E-state index is 11.8. The molecule has 2 heterocycles. The third-order valence-electron chi connectivity index (χ3n) is 3.69. The van der Waals surface area contributed by atoms with Crippen LogP contribution in [0.25, 0.3) is 0 Å². The van der Waals surface area contributed by atoms with Gasteiger partial charge in [-0.05, 0) is 30.5 Å². The van der Waals surface area contributed by atoms with Crippen molar-refractivity contribution in [3.05, 3.63) is 23.8 Å². The highest BCUT2D eigenvalue weighted by atomic mass is 16.7. The monoisotopic (exact) mass is 319 g/mol. The normalized spacial score (nSPS) is 18.5. The fourth-order valence-corrected chi connectivity index (χ4v) is 2.47. The molecule has 3 N–H and O–H groups in total. The lowest BCUT2D eigenvalue weighted by Crippen LogP contribution is -2.32. The molecule has 1 atom stereocenters. The van der Waals surface area contributed by atoms with Gasteiger partial charge in [0.15, 0.2) is 11.5 Å². The SMILES string of the molecule is O=C(CC[C@H]1NC(=O)NC1=O)NCCc1ccc2c(c1)OCO2. The minimum atomic E-state index is -0.623. The van der Waals surface area contributed by atoms with Crippen molar-refractivity contribution < 1.29 is 23.9 Å². The minimum absolute atomic E-state index is 0.153. The Bertz CT molecular complexity index is 646. The highest BCUT2D eigenvalue weighted by molar-refractivity contribution is 6.04. The van der Waals surface area contributed by atoms with E-state index in [-0.39, 0.29) is 31.4 Å². The van der Waals surface area contributed by atoms with E-state index < -0.39 is 12.1 Å². The molecular weight excluding hydrogens is 302 g/mol. The molecule has 0 spiro atoms. The molecule has 2 aliphatic heterocycles. The summed E-state index contributed by atoms with van der Waals surface area (Å²) in [5.41, 5.74) is 1.04. The van der Waals surface area contributed by atoms with Gasteiger partial charge in [-0.25, -0.2) is 4.79 Å². The average molecular weight is 319 g/mol. The van der Waals surface area contributed by atoms with Gasteiger partial charge in [-0.1, -0.05) is 6.07 Å². The van der Waals surface area contributed by atoms with Crippen molar-refractivity contribution in [2.24, 2.45) is 0 Å². The fourth-order valence-electron chi connectivity index (χ4n) is 2.47. The molecule has 1 aromatic rings. The van der Waals surface area contributed by atoms with Crippen LogP contribution < -0.4 is 25.4 Å². The van der Waals surface area contributed by atoms with Gasteiger partial charge in [-0.15, -0.1) is 0 Å². The highest BCUT2D eigenvalue weighted by Gasteiger charge is 2.29. The van der Waals surface area contributed by atoms with E-state index in [1.165, 1.54) is 0 Å². The Hall–Kier alpha value is -2.77. The maximum atomic E-state index is 11.8. The van der Waals surface area contributed by atoms with Gasteiger partial charge in [0.25, 0.3) is 5.91 Å². The van der Waals surface area contributed by atoms with Crippen LogP contribution in [0.5, 0.6) is 11.5 Å². The number of urea groups is 1. The van der Waals surface area contributed by atoms with Crippen molar-refractivity contribution in [1.29, 1.82) is 0 Å². The minimum Gasteiger partial charge on any atom is -0.454 e. The van der Waals surface area contributed by atoms with Crippen LogP contribution in [0.2, 0.25) is 0 Å². The van der Waals surface area contributed by atoms with Gasteiger partial charge in [0.05, 0.1) is 0 Å². The Morgan fingerprint density at radius 3 is 2.87 bits per heavy atom. The van der Waals surface area contributed by atoms with Crippen LogP contribution in [0.3, 0.4) is 0 Å². The summed E-state index contributed by atoms with van der Waals surface area (Å²) in [4.78, 5) is 34.1. The second-order valence-electron chi connectivity index (χ2n) is 5.34. The summed E-state index contributed by atoms with van der Waals surface area (Å²) in [6, 6.07) is 4.54. The highest BCUT2D eigenvalue weighted by Crippen LogP contribution is 2.32. The van der Waals surface area contributed by atoms with E-state index in [4.69, 9.17) is 9.47 Å². The van der Waals surface area contributed by atoms with E-state index in [2.05, 4.69) is 16.0 Å². The van der Waals surface area contributed by atoms with Gasteiger partial charge in [0, 0.05) is 13.0 Å². The van der Waals surface area contributed by atoms with E-state index >= 15 is 0 Å². The smallest absolute Gasteiger partial charge is 0.322 e. The zero-order valence-corrected chi connectivity index (χ0v) is 12.4. The molecule has 3 rings (SSSR count). The van der Waals surface area contributed by atoms with Gasteiger partial charge in [-0.2, -0.15) is 0 Å². The van der Waals surface area contributed by atoms with Crippen LogP contribution in [0.4, 0.5) is 4.79 Å². The summed E-state index contributed by atoms with van der Waals surface area (Å²) < 4.78 is 10.5. The Kier molecular flexibility index (Phi) is 4.31. The predicted molar refractivity (Wildman–Crippen MR) is 79.0 cm³/mol. The quantitative estimate of drug-likeness (QED) is 0.643. The van der Waals surface area contributed by atoms with Crippen molar-refractivity contribution in [2.45, 2.75) is 25.3 Å². The number of hydrogen-bond acceptors (Lipinski definition) is 5. The Balaban J connectivity index is 1.38. The molecule has 0 radical (unpaired) electrons. The number of benzene rings is 1. The van der Waals surface area contributed by atoms with Crippen LogP contribution in [-0.2, 0) is 16.0 Å². The van der Waals surface area contributed by atoms with E-state index in [1.807, 2.05) is 18.2 Å². The van der Waals surface area contributed by atoms with E-state index in [1.54, 1.807) is 0 Å². The zero-order valence-electron chi connectivity index (χ0n) is 12.4. The van der Waals surface area contributed by atoms with Crippen molar-refractivity contribution in [3.63, 3.8) is 0 Å². The van der Waals surface area contributed by atoms with Gasteiger partial charge in [0.1, 0.15) is 6.04 Å². The first-order valence-corrected chi connectivity index (χ1v) is 7.38. The van der Waals surface area contributed by atoms with Crippen molar-refractivity contribution in [1.82, 2.24) is 16.0 Å². The first-order chi connectivity index (χ1) is 11.1. The molecule has 0 saturated carbocycles. The molecule has 8 nitrogen and oxygen atoms in total. The first-order valence-electron chi connectivity index (χ1n) is 7.38. The number of imide groups is 1. The number of ether oxygens (including phenoxy) is 2. The number of nitrogens with one attached hydrogen (secondary N) is 3. The van der Waals surface area contributed by atoms with E-state index in [0.29, 0.717) is 13.0 Å². The number of amides is 4. The maximum Gasteiger partial charge on any atom is 0.322 e. The second kappa shape index (κ2) is 6.55. The molecule has 1 aromatic carbocycles. The lowest BCUT2D eigenvalue weighted by Gasteiger charge is -2.08. The zero-order chi connectivity index (χ0) is 16.2. The van der Waals surface area contributed by atoms with Crippen LogP contribution in [-0.4, -0.2) is 37.2 Å². The molecular formula is C15H17N3O5. The first kappa shape index (κ1) is 15.1. The molecule has 0 aromatic heterocycles. The summed E-state index contributed by atoms with van der Waals surface area (Å²) >= 11 is 0. The molecule has 1 fully saturated rings. The standard InChI is InChI=1S/C15H17N3O5/c19-13(4-2-10-14(20)18-15(21)17-10)16-6-5-9-1-3-11-12(7-9)23-8-22-11/h1,3,7,10H,2,4-6,8H2,(H,16,19)(H2,17,18,20,21)/t10-/m1/s1. The van der Waals surface area contributed by atoms with Gasteiger partial charge < -0.3 is 20.1 Å². The summed E-state index contributed by atoms with van der Waals surface area (Å²) in [5, 5.41) is 7.39. The summed E-state index contributed by atoms with van der Waals surface area (Å²) in [6.07, 6.45) is 1.13. The van der Waals surface area contributed by atoms with Crippen LogP contribution in [0.1, 0.15) is 18.4 Å². The topological polar surface area (TPSA) is 106 Å². The van der Waals surface area contributed by atoms with Crippen LogP contribution >= 0.6 is 0 Å². The van der Waals surface area contributed by atoms with E-state index in [9.17, 15) is 14.4 Å². The number of carbonyl (C=O) groups excluding carboxylic acids is 3. The van der Waals surface area contributed by atoms with Crippen molar-refractivity contribution in [2.75, 3.05) is 13.3 Å². The average Bonchev–Trinajstić information content (AvgIpc) is 3.10. The third kappa shape index (κ3) is 3.71. The summed E-state index contributed by atoms with van der Waals surface area (Å²) in [7, 11) is 0. The largest absolute Gasteiger partial charge is 0.454 e. The molecule has 4 amide bonds. The molecule has 8 heteroatoms. The second-order valence-corrected chi connectivity index (χ2v) is 5.34. The number of hydrogen-bond donors (Lipinski definition) is 3. The Morgan fingerprint density at radius 1 is 1.26 bits per heavy atom. The van der Waals surface area contributed by atoms with Gasteiger partial charge >= 0.3 is 6.03 Å². The number of rotatable bonds is 6. The van der Waals surface area contributed by atoms with Crippen molar-refractivity contribution in [3.8, 4) is 11.5 Å². The molecule has 0 aliphatic carbocycles. The number of carbonyl (C=O) groups is 3. The predicted octanol–water partition coefficient (Wildman–Crippen LogP) is 0.0622. The molecule has 0 unspecified atom stereocenters. The Labute approximate surface area is 132 Å². The molecule has 0 bridgehead atoms. The van der Waals surface area contributed by atoms with Gasteiger partial charge in [0.2, 0.25) is 12.7 Å². The van der Waals surface area contributed by atoms with Crippen LogP contribution in [0, 0.1) is 0 Å². The summed E-state index contributed by atoms with van der Waals surface area (Å²) in [6.45, 7) is 0.725. The fraction of sp³-hybridized carbons (Fsp3) is 0.400. The third-order valence-corrected chi connectivity index (χ3v) is 3.69. The number of fused-ring (bicyclic) bond motifs is 1. The van der Waals surface area contributed by atoms with Crippen LogP contribution in [0.15, 0.2) is 18.2 Å². The Morgan fingerprint density at radius 2 is 2.09 bits per heavy atom. The molecule has 2 aliphatic rings. The molecule has 1 saturated heterocycles.